The molecular weight excluding hydrogens is 186 g/mol. The molecule has 2 atom stereocenters. The normalized spacial score (nSPS) is 25.0. The summed E-state index contributed by atoms with van der Waals surface area (Å²) < 4.78 is 0. The fourth-order valence-corrected chi connectivity index (χ4v) is 2.66. The number of nitrogens with two attached hydrogens (primary N) is 1. The first-order valence-corrected chi connectivity index (χ1v) is 6.37. The Labute approximate surface area is 94.6 Å². The molecule has 1 rings (SSSR count). The van der Waals surface area contributed by atoms with E-state index in [1.807, 2.05) is 0 Å². The summed E-state index contributed by atoms with van der Waals surface area (Å²) in [6, 6.07) is 1.32. The topological polar surface area (TPSA) is 32.5 Å². The second-order valence-corrected chi connectivity index (χ2v) is 4.66. The van der Waals surface area contributed by atoms with Crippen LogP contribution in [-0.4, -0.2) is 55.1 Å². The van der Waals surface area contributed by atoms with Crippen molar-refractivity contribution in [2.24, 2.45) is 5.73 Å². The summed E-state index contributed by atoms with van der Waals surface area (Å²) in [4.78, 5) is 5.04. The van der Waals surface area contributed by atoms with Gasteiger partial charge in [0.25, 0.3) is 0 Å². The fraction of sp³-hybridized carbons (Fsp3) is 1.00. The summed E-state index contributed by atoms with van der Waals surface area (Å²) in [5, 5.41) is 0. The zero-order valence-electron chi connectivity index (χ0n) is 10.6. The van der Waals surface area contributed by atoms with Crippen molar-refractivity contribution in [3.05, 3.63) is 0 Å². The van der Waals surface area contributed by atoms with Gasteiger partial charge in [-0.25, -0.2) is 0 Å². The van der Waals surface area contributed by atoms with Gasteiger partial charge in [0.2, 0.25) is 0 Å². The third-order valence-corrected chi connectivity index (χ3v) is 3.77. The molecule has 1 fully saturated rings. The van der Waals surface area contributed by atoms with Crippen molar-refractivity contribution >= 4 is 0 Å². The molecule has 90 valence electrons. The fourth-order valence-electron chi connectivity index (χ4n) is 2.66. The van der Waals surface area contributed by atoms with Crippen LogP contribution in [0.5, 0.6) is 0 Å². The molecule has 0 amide bonds. The minimum atomic E-state index is 0.560. The minimum absolute atomic E-state index is 0.560. The molecule has 0 aliphatic carbocycles. The number of likely N-dealkylation sites (tertiary alicyclic amines) is 1. The zero-order valence-corrected chi connectivity index (χ0v) is 10.6. The van der Waals surface area contributed by atoms with E-state index in [1.165, 1.54) is 32.5 Å². The van der Waals surface area contributed by atoms with Crippen molar-refractivity contribution in [3.63, 3.8) is 0 Å². The molecule has 0 aromatic rings. The van der Waals surface area contributed by atoms with Gasteiger partial charge in [-0.1, -0.05) is 13.8 Å². The highest BCUT2D eigenvalue weighted by Crippen LogP contribution is 2.18. The smallest absolute Gasteiger partial charge is 0.0223 e. The van der Waals surface area contributed by atoms with Crippen LogP contribution >= 0.6 is 0 Å². The lowest BCUT2D eigenvalue weighted by Crippen LogP contribution is -2.45. The summed E-state index contributed by atoms with van der Waals surface area (Å²) in [6.45, 7) is 8.93. The first-order chi connectivity index (χ1) is 7.22. The maximum atomic E-state index is 5.77. The van der Waals surface area contributed by atoms with E-state index in [4.69, 9.17) is 5.73 Å². The van der Waals surface area contributed by atoms with E-state index in [2.05, 4.69) is 30.7 Å². The third-order valence-electron chi connectivity index (χ3n) is 3.77. The van der Waals surface area contributed by atoms with Crippen molar-refractivity contribution in [1.82, 2.24) is 9.80 Å². The van der Waals surface area contributed by atoms with Gasteiger partial charge in [0.1, 0.15) is 0 Å². The summed E-state index contributed by atoms with van der Waals surface area (Å²) in [7, 11) is 2.22. The number of hydrogen-bond donors (Lipinski definition) is 1. The van der Waals surface area contributed by atoms with Crippen LogP contribution in [0, 0.1) is 0 Å². The number of hydrogen-bond acceptors (Lipinski definition) is 3. The first-order valence-electron chi connectivity index (χ1n) is 6.37. The summed E-state index contributed by atoms with van der Waals surface area (Å²) >= 11 is 0. The Bertz CT molecular complexity index is 168. The number of nitrogens with zero attached hydrogens (tertiary/aromatic N) is 2. The van der Waals surface area contributed by atoms with E-state index >= 15 is 0 Å². The van der Waals surface area contributed by atoms with Crippen molar-refractivity contribution in [1.29, 1.82) is 0 Å². The molecule has 15 heavy (non-hydrogen) atoms. The Balaban J connectivity index is 2.39. The van der Waals surface area contributed by atoms with Gasteiger partial charge in [-0.2, -0.15) is 0 Å². The molecule has 1 aliphatic heterocycles. The molecule has 3 heteroatoms. The second-order valence-electron chi connectivity index (χ2n) is 4.66. The molecule has 0 radical (unpaired) electrons. The van der Waals surface area contributed by atoms with Crippen LogP contribution < -0.4 is 5.73 Å². The van der Waals surface area contributed by atoms with E-state index < -0.39 is 0 Å². The van der Waals surface area contributed by atoms with Crippen molar-refractivity contribution < 1.29 is 0 Å². The van der Waals surface area contributed by atoms with Crippen LogP contribution in [0.25, 0.3) is 0 Å². The van der Waals surface area contributed by atoms with Crippen LogP contribution in [-0.2, 0) is 0 Å². The van der Waals surface area contributed by atoms with Crippen molar-refractivity contribution in [2.75, 3.05) is 33.2 Å². The Morgan fingerprint density at radius 2 is 2.20 bits per heavy atom. The quantitative estimate of drug-likeness (QED) is 0.718. The highest BCUT2D eigenvalue weighted by atomic mass is 15.2. The summed E-state index contributed by atoms with van der Waals surface area (Å²) in [5.74, 6) is 0. The molecule has 0 aromatic heterocycles. The zero-order chi connectivity index (χ0) is 11.3. The van der Waals surface area contributed by atoms with Crippen LogP contribution in [0.3, 0.4) is 0 Å². The second kappa shape index (κ2) is 6.46. The molecule has 0 saturated carbocycles. The minimum Gasteiger partial charge on any atom is -0.329 e. The Hall–Kier alpha value is -0.120. The van der Waals surface area contributed by atoms with E-state index in [9.17, 15) is 0 Å². The molecule has 1 aliphatic rings. The number of rotatable bonds is 6. The maximum Gasteiger partial charge on any atom is 0.0223 e. The molecule has 2 unspecified atom stereocenters. The Kier molecular flexibility index (Phi) is 5.58. The number of likely N-dealkylation sites (N-methyl/N-ethyl adjacent to an activating group) is 2. The summed E-state index contributed by atoms with van der Waals surface area (Å²) in [6.07, 6.45) is 3.89. The van der Waals surface area contributed by atoms with Crippen LogP contribution in [0.4, 0.5) is 0 Å². The Morgan fingerprint density at radius 3 is 2.73 bits per heavy atom. The van der Waals surface area contributed by atoms with Gasteiger partial charge in [-0.15, -0.1) is 0 Å². The molecule has 1 heterocycles. The SMILES string of the molecule is CCC(CN)N(C)CC1CCCN1CC. The van der Waals surface area contributed by atoms with Crippen LogP contribution in [0.15, 0.2) is 0 Å². The van der Waals surface area contributed by atoms with E-state index in [0.717, 1.165) is 19.0 Å². The van der Waals surface area contributed by atoms with Crippen molar-refractivity contribution in [3.8, 4) is 0 Å². The Morgan fingerprint density at radius 1 is 1.47 bits per heavy atom. The predicted octanol–water partition coefficient (Wildman–Crippen LogP) is 1.14. The molecule has 1 saturated heterocycles. The van der Waals surface area contributed by atoms with Gasteiger partial charge < -0.3 is 10.6 Å². The first kappa shape index (κ1) is 12.9. The van der Waals surface area contributed by atoms with Gasteiger partial charge in [-0.05, 0) is 39.4 Å². The third kappa shape index (κ3) is 3.44. The highest BCUT2D eigenvalue weighted by molar-refractivity contribution is 4.82. The van der Waals surface area contributed by atoms with Crippen LogP contribution in [0.1, 0.15) is 33.1 Å². The molecule has 0 spiro atoms. The standard InChI is InChI=1S/C12H27N3/c1-4-11(9-13)14(3)10-12-7-6-8-15(12)5-2/h11-12H,4-10,13H2,1-3H3. The monoisotopic (exact) mass is 213 g/mol. The van der Waals surface area contributed by atoms with E-state index in [-0.39, 0.29) is 0 Å². The lowest BCUT2D eigenvalue weighted by atomic mass is 10.1. The maximum absolute atomic E-state index is 5.77. The molecule has 3 nitrogen and oxygen atoms in total. The van der Waals surface area contributed by atoms with Gasteiger partial charge in [0.15, 0.2) is 0 Å². The van der Waals surface area contributed by atoms with Crippen LogP contribution in [0.2, 0.25) is 0 Å². The van der Waals surface area contributed by atoms with Crippen molar-refractivity contribution in [2.45, 2.75) is 45.2 Å². The lowest BCUT2D eigenvalue weighted by Gasteiger charge is -2.32. The van der Waals surface area contributed by atoms with Gasteiger partial charge in [-0.3, -0.25) is 4.90 Å². The summed E-state index contributed by atoms with van der Waals surface area (Å²) in [5.41, 5.74) is 5.77. The molecule has 0 aromatic carbocycles. The average molecular weight is 213 g/mol. The lowest BCUT2D eigenvalue weighted by molar-refractivity contribution is 0.163. The van der Waals surface area contributed by atoms with Gasteiger partial charge in [0, 0.05) is 25.2 Å². The van der Waals surface area contributed by atoms with Gasteiger partial charge >= 0.3 is 0 Å². The molecule has 2 N–H and O–H groups in total. The molecule has 0 bridgehead atoms. The molecular formula is C12H27N3. The van der Waals surface area contributed by atoms with E-state index in [1.54, 1.807) is 0 Å². The van der Waals surface area contributed by atoms with E-state index in [0.29, 0.717) is 6.04 Å². The largest absolute Gasteiger partial charge is 0.329 e. The highest BCUT2D eigenvalue weighted by Gasteiger charge is 2.25. The predicted molar refractivity (Wildman–Crippen MR) is 66.0 cm³/mol. The average Bonchev–Trinajstić information content (AvgIpc) is 2.67. The van der Waals surface area contributed by atoms with Gasteiger partial charge in [0.05, 0.1) is 0 Å².